The highest BCUT2D eigenvalue weighted by molar-refractivity contribution is 5.94. The van der Waals surface area contributed by atoms with Gasteiger partial charge in [0.25, 0.3) is 0 Å². The number of carbonyl (C=O) groups is 1. The molecule has 3 aromatic rings. The van der Waals surface area contributed by atoms with Gasteiger partial charge in [0.05, 0.1) is 12.8 Å². The second kappa shape index (κ2) is 7.47. The van der Waals surface area contributed by atoms with Crippen LogP contribution < -0.4 is 15.4 Å². The fraction of sp³-hybridized carbons (Fsp3) is 0.300. The average molecular weight is 350 g/mol. The Balaban J connectivity index is 1.21. The van der Waals surface area contributed by atoms with Crippen molar-refractivity contribution in [1.82, 2.24) is 9.38 Å². The van der Waals surface area contributed by atoms with Crippen LogP contribution in [0, 0.1) is 0 Å². The van der Waals surface area contributed by atoms with Crippen LogP contribution in [0.5, 0.6) is 5.75 Å². The number of benzene rings is 1. The highest BCUT2D eigenvalue weighted by Gasteiger charge is 2.14. The van der Waals surface area contributed by atoms with Gasteiger partial charge in [0.2, 0.25) is 5.91 Å². The van der Waals surface area contributed by atoms with E-state index in [0.717, 1.165) is 48.7 Å². The fourth-order valence-electron chi connectivity index (χ4n) is 3.14. The number of imidazole rings is 1. The predicted molar refractivity (Wildman–Crippen MR) is 102 cm³/mol. The van der Waals surface area contributed by atoms with E-state index in [4.69, 9.17) is 4.74 Å². The lowest BCUT2D eigenvalue weighted by Crippen LogP contribution is -2.18. The zero-order chi connectivity index (χ0) is 17.8. The Morgan fingerprint density at radius 1 is 1.19 bits per heavy atom. The normalized spacial score (nSPS) is 13.3. The van der Waals surface area contributed by atoms with Gasteiger partial charge >= 0.3 is 0 Å². The van der Waals surface area contributed by atoms with Crippen LogP contribution in [0.4, 0.5) is 11.5 Å². The molecule has 134 valence electrons. The van der Waals surface area contributed by atoms with Crippen molar-refractivity contribution in [2.24, 2.45) is 0 Å². The van der Waals surface area contributed by atoms with Crippen molar-refractivity contribution in [1.29, 1.82) is 0 Å². The lowest BCUT2D eigenvalue weighted by atomic mass is 10.0. The first kappa shape index (κ1) is 16.4. The number of aryl methyl sites for hydroxylation is 1. The minimum Gasteiger partial charge on any atom is -0.494 e. The van der Waals surface area contributed by atoms with Crippen LogP contribution in [0.25, 0.3) is 5.65 Å². The van der Waals surface area contributed by atoms with E-state index in [2.05, 4.69) is 15.6 Å². The van der Waals surface area contributed by atoms with E-state index in [1.54, 1.807) is 0 Å². The van der Waals surface area contributed by atoms with Crippen LogP contribution in [-0.2, 0) is 11.2 Å². The molecular weight excluding hydrogens is 328 g/mol. The largest absolute Gasteiger partial charge is 0.494 e. The molecule has 6 nitrogen and oxygen atoms in total. The second-order valence-electron chi connectivity index (χ2n) is 6.42. The van der Waals surface area contributed by atoms with Crippen molar-refractivity contribution in [3.63, 3.8) is 0 Å². The van der Waals surface area contributed by atoms with Crippen LogP contribution in [0.2, 0.25) is 0 Å². The minimum atomic E-state index is 0.0770. The molecule has 0 saturated carbocycles. The van der Waals surface area contributed by atoms with E-state index in [1.807, 2.05) is 53.2 Å². The van der Waals surface area contributed by atoms with Crippen molar-refractivity contribution in [2.75, 3.05) is 23.8 Å². The SMILES string of the molecule is O=C1CCc2ccc(OCCCCNc3cnc4ccccn34)cc2N1. The number of nitrogens with zero attached hydrogens (tertiary/aromatic N) is 2. The molecule has 0 radical (unpaired) electrons. The van der Waals surface area contributed by atoms with Gasteiger partial charge in [-0.3, -0.25) is 9.20 Å². The molecule has 0 unspecified atom stereocenters. The molecule has 1 amide bonds. The molecule has 26 heavy (non-hydrogen) atoms. The van der Waals surface area contributed by atoms with Crippen molar-refractivity contribution in [3.8, 4) is 5.75 Å². The third-order valence-corrected chi connectivity index (χ3v) is 4.54. The van der Waals surface area contributed by atoms with E-state index in [9.17, 15) is 4.79 Å². The van der Waals surface area contributed by atoms with Crippen LogP contribution in [-0.4, -0.2) is 28.4 Å². The quantitative estimate of drug-likeness (QED) is 0.640. The summed E-state index contributed by atoms with van der Waals surface area (Å²) >= 11 is 0. The summed E-state index contributed by atoms with van der Waals surface area (Å²) in [5, 5.41) is 6.31. The van der Waals surface area contributed by atoms with Gasteiger partial charge in [-0.2, -0.15) is 0 Å². The smallest absolute Gasteiger partial charge is 0.224 e. The second-order valence-corrected chi connectivity index (χ2v) is 6.42. The number of carbonyl (C=O) groups excluding carboxylic acids is 1. The van der Waals surface area contributed by atoms with Crippen molar-refractivity contribution in [3.05, 3.63) is 54.4 Å². The third kappa shape index (κ3) is 3.64. The standard InChI is InChI=1S/C20H22N4O2/c25-20-9-7-15-6-8-16(13-17(15)23-20)26-12-4-2-10-21-19-14-22-18-5-1-3-11-24(18)19/h1,3,5-6,8,11,13-14,21H,2,4,7,9-10,12H2,(H,23,25). The van der Waals surface area contributed by atoms with E-state index in [1.165, 1.54) is 5.56 Å². The van der Waals surface area contributed by atoms with E-state index in [0.29, 0.717) is 13.0 Å². The fourth-order valence-corrected chi connectivity index (χ4v) is 3.14. The Morgan fingerprint density at radius 3 is 3.12 bits per heavy atom. The summed E-state index contributed by atoms with van der Waals surface area (Å²) in [6, 6.07) is 11.9. The molecule has 0 saturated heterocycles. The monoisotopic (exact) mass is 350 g/mol. The number of nitrogens with one attached hydrogen (secondary N) is 2. The Hall–Kier alpha value is -3.02. The number of pyridine rings is 1. The maximum Gasteiger partial charge on any atom is 0.224 e. The molecule has 2 N–H and O–H groups in total. The summed E-state index contributed by atoms with van der Waals surface area (Å²) in [5.74, 6) is 1.89. The molecule has 4 rings (SSSR count). The van der Waals surface area contributed by atoms with Gasteiger partial charge in [0.15, 0.2) is 0 Å². The van der Waals surface area contributed by atoms with Crippen LogP contribution in [0.15, 0.2) is 48.8 Å². The van der Waals surface area contributed by atoms with Gasteiger partial charge in [-0.25, -0.2) is 4.98 Å². The maximum absolute atomic E-state index is 11.5. The molecule has 0 atom stereocenters. The summed E-state index contributed by atoms with van der Waals surface area (Å²) in [7, 11) is 0. The summed E-state index contributed by atoms with van der Waals surface area (Å²) in [5.41, 5.74) is 3.00. The van der Waals surface area contributed by atoms with Crippen molar-refractivity contribution >= 4 is 23.1 Å². The molecule has 0 aliphatic carbocycles. The van der Waals surface area contributed by atoms with Gasteiger partial charge < -0.3 is 15.4 Å². The number of hydrogen-bond donors (Lipinski definition) is 2. The topological polar surface area (TPSA) is 67.7 Å². The highest BCUT2D eigenvalue weighted by Crippen LogP contribution is 2.27. The zero-order valence-corrected chi connectivity index (χ0v) is 14.6. The highest BCUT2D eigenvalue weighted by atomic mass is 16.5. The Labute approximate surface area is 152 Å². The Bertz CT molecular complexity index is 919. The van der Waals surface area contributed by atoms with Gasteiger partial charge in [-0.05, 0) is 43.0 Å². The van der Waals surface area contributed by atoms with Gasteiger partial charge in [-0.1, -0.05) is 12.1 Å². The summed E-state index contributed by atoms with van der Waals surface area (Å²) in [4.78, 5) is 15.8. The summed E-state index contributed by atoms with van der Waals surface area (Å²) in [6.07, 6.45) is 7.17. The molecule has 0 spiro atoms. The molecule has 3 heterocycles. The molecule has 1 aliphatic rings. The van der Waals surface area contributed by atoms with E-state index in [-0.39, 0.29) is 5.91 Å². The average Bonchev–Trinajstić information content (AvgIpc) is 3.07. The lowest BCUT2D eigenvalue weighted by molar-refractivity contribution is -0.116. The molecule has 6 heteroatoms. The van der Waals surface area contributed by atoms with E-state index >= 15 is 0 Å². The predicted octanol–water partition coefficient (Wildman–Crippen LogP) is 3.49. The van der Waals surface area contributed by atoms with Crippen molar-refractivity contribution in [2.45, 2.75) is 25.7 Å². The number of anilines is 2. The first-order valence-electron chi connectivity index (χ1n) is 9.01. The number of rotatable bonds is 7. The lowest BCUT2D eigenvalue weighted by Gasteiger charge is -2.17. The first-order valence-corrected chi connectivity index (χ1v) is 9.01. The Morgan fingerprint density at radius 2 is 2.15 bits per heavy atom. The van der Waals surface area contributed by atoms with Crippen LogP contribution >= 0.6 is 0 Å². The summed E-state index contributed by atoms with van der Waals surface area (Å²) < 4.78 is 7.86. The first-order chi connectivity index (χ1) is 12.8. The number of hydrogen-bond acceptors (Lipinski definition) is 4. The summed E-state index contributed by atoms with van der Waals surface area (Å²) in [6.45, 7) is 1.52. The number of ether oxygens (including phenoxy) is 1. The third-order valence-electron chi connectivity index (χ3n) is 4.54. The molecular formula is C20H22N4O2. The molecule has 0 fully saturated rings. The molecule has 1 aromatic carbocycles. The minimum absolute atomic E-state index is 0.0770. The number of fused-ring (bicyclic) bond motifs is 2. The molecule has 1 aliphatic heterocycles. The van der Waals surface area contributed by atoms with Crippen LogP contribution in [0.1, 0.15) is 24.8 Å². The van der Waals surface area contributed by atoms with Gasteiger partial charge in [0.1, 0.15) is 17.2 Å². The zero-order valence-electron chi connectivity index (χ0n) is 14.6. The van der Waals surface area contributed by atoms with Gasteiger partial charge in [-0.15, -0.1) is 0 Å². The molecule has 2 aromatic heterocycles. The number of aromatic nitrogens is 2. The molecule has 0 bridgehead atoms. The number of amides is 1. The van der Waals surface area contributed by atoms with Gasteiger partial charge in [0, 0.05) is 30.9 Å². The number of unbranched alkanes of at least 4 members (excludes halogenated alkanes) is 1. The maximum atomic E-state index is 11.5. The van der Waals surface area contributed by atoms with Crippen molar-refractivity contribution < 1.29 is 9.53 Å². The van der Waals surface area contributed by atoms with E-state index < -0.39 is 0 Å². The Kier molecular flexibility index (Phi) is 4.73. The van der Waals surface area contributed by atoms with Crippen LogP contribution in [0.3, 0.4) is 0 Å².